The Kier molecular flexibility index (Phi) is 7.30. The van der Waals surface area contributed by atoms with Crippen LogP contribution in [0.5, 0.6) is 0 Å². The van der Waals surface area contributed by atoms with Gasteiger partial charge in [-0.3, -0.25) is 9.69 Å². The van der Waals surface area contributed by atoms with E-state index in [0.29, 0.717) is 17.9 Å². The smallest absolute Gasteiger partial charge is 0.414 e. The van der Waals surface area contributed by atoms with Crippen LogP contribution in [0.25, 0.3) is 0 Å². The van der Waals surface area contributed by atoms with Crippen LogP contribution < -0.4 is 15.1 Å². The van der Waals surface area contributed by atoms with Gasteiger partial charge in [0.05, 0.1) is 30.5 Å². The van der Waals surface area contributed by atoms with Gasteiger partial charge in [0.25, 0.3) is 0 Å². The number of cyclic esters (lactones) is 2. The number of allylic oxidation sites excluding steroid dienone is 2. The van der Waals surface area contributed by atoms with Crippen molar-refractivity contribution in [2.75, 3.05) is 29.4 Å². The van der Waals surface area contributed by atoms with Crippen molar-refractivity contribution in [2.45, 2.75) is 45.3 Å². The summed E-state index contributed by atoms with van der Waals surface area (Å²) >= 11 is 0. The van der Waals surface area contributed by atoms with Crippen LogP contribution in [-0.2, 0) is 19.1 Å². The number of amides is 2. The molecule has 3 heterocycles. The first kappa shape index (κ1) is 23.1. The van der Waals surface area contributed by atoms with E-state index in [0.717, 1.165) is 25.0 Å². The van der Waals surface area contributed by atoms with E-state index in [1.807, 2.05) is 11.0 Å². The third-order valence-corrected chi connectivity index (χ3v) is 5.20. The molecule has 0 aromatic heterocycles. The summed E-state index contributed by atoms with van der Waals surface area (Å²) in [6.07, 6.45) is 2.95. The monoisotopic (exact) mass is 444 g/mol. The molecule has 170 valence electrons. The lowest BCUT2D eigenvalue weighted by Gasteiger charge is -2.31. The summed E-state index contributed by atoms with van der Waals surface area (Å²) in [5.41, 5.74) is 1.59. The molecular formula is C22H25FN4O5. The van der Waals surface area contributed by atoms with E-state index in [4.69, 9.17) is 10.00 Å². The number of halogens is 1. The Morgan fingerprint density at radius 3 is 2.62 bits per heavy atom. The highest BCUT2D eigenvalue weighted by molar-refractivity contribution is 5.90. The minimum Gasteiger partial charge on any atom is -0.448 e. The zero-order valence-electron chi connectivity index (χ0n) is 18.0. The summed E-state index contributed by atoms with van der Waals surface area (Å²) in [6.45, 7) is 4.21. The van der Waals surface area contributed by atoms with Crippen molar-refractivity contribution >= 4 is 29.3 Å². The largest absolute Gasteiger partial charge is 0.448 e. The van der Waals surface area contributed by atoms with Gasteiger partial charge in [-0.25, -0.2) is 14.0 Å². The van der Waals surface area contributed by atoms with Gasteiger partial charge in [0.15, 0.2) is 6.10 Å². The number of benzene rings is 1. The normalized spacial score (nSPS) is 23.0. The van der Waals surface area contributed by atoms with E-state index in [-0.39, 0.29) is 31.1 Å². The number of hydrogen-bond donors (Lipinski definition) is 1. The molecule has 10 heteroatoms. The molecular weight excluding hydrogens is 419 g/mol. The second-order valence-electron chi connectivity index (χ2n) is 7.64. The van der Waals surface area contributed by atoms with Gasteiger partial charge in [-0.05, 0) is 44.4 Å². The third-order valence-electron chi connectivity index (χ3n) is 5.20. The first-order chi connectivity index (χ1) is 15.3. The molecule has 1 aromatic carbocycles. The van der Waals surface area contributed by atoms with Crippen molar-refractivity contribution in [1.82, 2.24) is 5.32 Å². The van der Waals surface area contributed by atoms with Crippen molar-refractivity contribution in [3.63, 3.8) is 0 Å². The second kappa shape index (κ2) is 10.1. The van der Waals surface area contributed by atoms with Crippen molar-refractivity contribution < 1.29 is 28.2 Å². The predicted octanol–water partition coefficient (Wildman–Crippen LogP) is 2.62. The van der Waals surface area contributed by atoms with Crippen LogP contribution in [0, 0.1) is 17.1 Å². The number of carbonyl (C=O) groups excluding carboxylic acids is 3. The maximum absolute atomic E-state index is 14.8. The third kappa shape index (κ3) is 5.75. The van der Waals surface area contributed by atoms with E-state index in [2.05, 4.69) is 10.1 Å². The van der Waals surface area contributed by atoms with Gasteiger partial charge in [-0.2, -0.15) is 5.26 Å². The lowest BCUT2D eigenvalue weighted by Crippen LogP contribution is -2.33. The van der Waals surface area contributed by atoms with Crippen molar-refractivity contribution in [3.05, 3.63) is 35.8 Å². The van der Waals surface area contributed by atoms with E-state index in [9.17, 15) is 18.8 Å². The topological polar surface area (TPSA) is 115 Å². The van der Waals surface area contributed by atoms with E-state index in [1.165, 1.54) is 24.0 Å². The number of hydrogen-bond acceptors (Lipinski definition) is 7. The molecule has 9 nitrogen and oxygen atoms in total. The van der Waals surface area contributed by atoms with E-state index in [1.54, 1.807) is 19.1 Å². The highest BCUT2D eigenvalue weighted by Crippen LogP contribution is 2.32. The van der Waals surface area contributed by atoms with Gasteiger partial charge in [0, 0.05) is 25.2 Å². The van der Waals surface area contributed by atoms with Crippen LogP contribution in [0.2, 0.25) is 0 Å². The maximum atomic E-state index is 14.8. The van der Waals surface area contributed by atoms with Crippen LogP contribution in [-0.4, -0.2) is 49.8 Å². The van der Waals surface area contributed by atoms with Gasteiger partial charge in [0.2, 0.25) is 5.91 Å². The maximum Gasteiger partial charge on any atom is 0.414 e. The second-order valence-corrected chi connectivity index (χ2v) is 7.64. The molecule has 1 unspecified atom stereocenters. The lowest BCUT2D eigenvalue weighted by atomic mass is 10.1. The zero-order chi connectivity index (χ0) is 23.3. The molecule has 0 bridgehead atoms. The number of carbonyl (C=O) groups is 3. The minimum atomic E-state index is -0.569. The van der Waals surface area contributed by atoms with Crippen molar-refractivity contribution in [3.8, 4) is 6.07 Å². The van der Waals surface area contributed by atoms with E-state index >= 15 is 0 Å². The molecule has 1 aromatic rings. The Morgan fingerprint density at radius 1 is 1.31 bits per heavy atom. The van der Waals surface area contributed by atoms with Crippen LogP contribution >= 0.6 is 0 Å². The molecule has 2 atom stereocenters. The van der Waals surface area contributed by atoms with Gasteiger partial charge in [0.1, 0.15) is 11.9 Å². The van der Waals surface area contributed by atoms with Crippen LogP contribution in [0.3, 0.4) is 0 Å². The number of piperidine rings is 1. The average Bonchev–Trinajstić information content (AvgIpc) is 3.26. The molecule has 1 N–H and O–H groups in total. The summed E-state index contributed by atoms with van der Waals surface area (Å²) in [5.74, 6) is -0.746. The molecule has 3 fully saturated rings. The number of rotatable bonds is 4. The molecule has 0 saturated carbocycles. The number of nitrogens with zero attached hydrogens (tertiary/aromatic N) is 3. The van der Waals surface area contributed by atoms with Gasteiger partial charge in [-0.1, -0.05) is 0 Å². The molecule has 0 aliphatic carbocycles. The Labute approximate surface area is 185 Å². The zero-order valence-corrected chi connectivity index (χ0v) is 18.0. The summed E-state index contributed by atoms with van der Waals surface area (Å²) < 4.78 is 24.3. The fourth-order valence-electron chi connectivity index (χ4n) is 3.47. The molecule has 4 rings (SSSR count). The lowest BCUT2D eigenvalue weighted by molar-refractivity contribution is -0.119. The number of anilines is 2. The van der Waals surface area contributed by atoms with Gasteiger partial charge >= 0.3 is 12.1 Å². The molecule has 0 spiro atoms. The molecule has 0 radical (unpaired) electrons. The first-order valence-electron chi connectivity index (χ1n) is 10.4. The quantitative estimate of drug-likeness (QED) is 0.561. The van der Waals surface area contributed by atoms with Gasteiger partial charge in [-0.15, -0.1) is 0 Å². The fourth-order valence-corrected chi connectivity index (χ4v) is 3.47. The molecule has 3 aliphatic rings. The highest BCUT2D eigenvalue weighted by atomic mass is 19.1. The molecule has 32 heavy (non-hydrogen) atoms. The summed E-state index contributed by atoms with van der Waals surface area (Å²) in [5, 5.41) is 11.5. The van der Waals surface area contributed by atoms with E-state index < -0.39 is 18.0 Å². The highest BCUT2D eigenvalue weighted by Gasteiger charge is 2.33. The number of epoxide rings is 1. The Morgan fingerprint density at radius 2 is 2.03 bits per heavy atom. The van der Waals surface area contributed by atoms with Crippen LogP contribution in [0.4, 0.5) is 20.6 Å². The Hall–Kier alpha value is -3.61. The van der Waals surface area contributed by atoms with Crippen molar-refractivity contribution in [1.29, 1.82) is 5.26 Å². The fraction of sp³-hybridized carbons (Fsp3) is 0.455. The van der Waals surface area contributed by atoms with Crippen LogP contribution in [0.15, 0.2) is 30.0 Å². The average molecular weight is 444 g/mol. The predicted molar refractivity (Wildman–Crippen MR) is 113 cm³/mol. The first-order valence-corrected chi connectivity index (χ1v) is 10.4. The standard InChI is InChI=1S/C19H21FN4O3.C3H4O2/c1-13(25)22-11-16-12-24(19(26)27-16)15-5-6-18(17(20)10-15)23-9-3-2-4-14(23)7-8-21;1-2-3(4)5-2/h5-7,10,16H,2-4,9,11-12H2,1H3,(H,22,25);2H,1H3/t16-;/m0./s1. The summed E-state index contributed by atoms with van der Waals surface area (Å²) in [7, 11) is 0. The van der Waals surface area contributed by atoms with Gasteiger partial charge < -0.3 is 19.7 Å². The summed E-state index contributed by atoms with van der Waals surface area (Å²) in [6, 6.07) is 6.61. The Bertz CT molecular complexity index is 974. The SMILES string of the molecule is CC(=O)NC[C@H]1CN(c2ccc(N3CCCCC3=CC#N)c(F)c2)C(=O)O1.CC1OC1=O. The molecule has 3 aliphatic heterocycles. The minimum absolute atomic E-state index is 0.0787. The molecule has 2 amide bonds. The molecule has 3 saturated heterocycles. The Balaban J connectivity index is 0.000000509. The number of ether oxygens (including phenoxy) is 2. The van der Waals surface area contributed by atoms with Crippen LogP contribution in [0.1, 0.15) is 33.1 Å². The number of nitriles is 1. The summed E-state index contributed by atoms with van der Waals surface area (Å²) in [4.78, 5) is 35.9. The van der Waals surface area contributed by atoms with Crippen molar-refractivity contribution in [2.24, 2.45) is 0 Å². The number of nitrogens with one attached hydrogen (secondary N) is 1.